The molecule has 1 saturated carbocycles. The van der Waals surface area contributed by atoms with Crippen molar-refractivity contribution in [2.75, 3.05) is 13.2 Å². The number of fused-ring (bicyclic) bond motifs is 1. The first-order chi connectivity index (χ1) is 13.1. The molecule has 0 aromatic heterocycles. The Morgan fingerprint density at radius 3 is 2.74 bits per heavy atom. The zero-order valence-electron chi connectivity index (χ0n) is 16.5. The van der Waals surface area contributed by atoms with E-state index in [1.54, 1.807) is 0 Å². The number of likely N-dealkylation sites (tertiary alicyclic amines) is 1. The minimum atomic E-state index is -0.467. The standard InChI is InChI=1S/C22H32N2O3/c1-3-27-22(26)19(13-12-17-8-5-4-6-9-17)23-16(2)21(25)24-15-14-18-10-7-11-20(18)24/h4-6,8-9,16,18-20,23H,3,7,10-15H2,1-2H3/t16-,18+,19-,20-/m0/s1. The molecular weight excluding hydrogens is 340 g/mol. The number of nitrogens with one attached hydrogen (secondary N) is 1. The van der Waals surface area contributed by atoms with Crippen molar-refractivity contribution in [1.29, 1.82) is 0 Å². The fourth-order valence-electron chi connectivity index (χ4n) is 4.60. The monoisotopic (exact) mass is 372 g/mol. The van der Waals surface area contributed by atoms with E-state index >= 15 is 0 Å². The third-order valence-corrected chi connectivity index (χ3v) is 6.00. The Kier molecular flexibility index (Phi) is 6.89. The summed E-state index contributed by atoms with van der Waals surface area (Å²) >= 11 is 0. The number of carbonyl (C=O) groups is 2. The summed E-state index contributed by atoms with van der Waals surface area (Å²) in [5, 5.41) is 3.26. The van der Waals surface area contributed by atoms with Crippen LogP contribution in [-0.4, -0.2) is 48.1 Å². The van der Waals surface area contributed by atoms with Crippen molar-refractivity contribution in [3.05, 3.63) is 35.9 Å². The number of benzene rings is 1. The second-order valence-electron chi connectivity index (χ2n) is 7.80. The van der Waals surface area contributed by atoms with Gasteiger partial charge in [0.15, 0.2) is 0 Å². The first kappa shape index (κ1) is 19.9. The molecule has 1 heterocycles. The second-order valence-corrected chi connectivity index (χ2v) is 7.80. The molecule has 0 bridgehead atoms. The Balaban J connectivity index is 1.60. The van der Waals surface area contributed by atoms with Crippen LogP contribution in [0.15, 0.2) is 30.3 Å². The van der Waals surface area contributed by atoms with Crippen LogP contribution in [0.2, 0.25) is 0 Å². The third-order valence-electron chi connectivity index (χ3n) is 6.00. The number of aryl methyl sites for hydroxylation is 1. The summed E-state index contributed by atoms with van der Waals surface area (Å²) in [5.41, 5.74) is 1.18. The average molecular weight is 373 g/mol. The number of hydrogen-bond donors (Lipinski definition) is 1. The van der Waals surface area contributed by atoms with Gasteiger partial charge in [0, 0.05) is 12.6 Å². The molecule has 5 nitrogen and oxygen atoms in total. The fourth-order valence-corrected chi connectivity index (χ4v) is 4.60. The lowest BCUT2D eigenvalue weighted by molar-refractivity contribution is -0.146. The maximum Gasteiger partial charge on any atom is 0.323 e. The quantitative estimate of drug-likeness (QED) is 0.713. The van der Waals surface area contributed by atoms with Gasteiger partial charge in [-0.2, -0.15) is 0 Å². The molecule has 1 saturated heterocycles. The van der Waals surface area contributed by atoms with E-state index < -0.39 is 6.04 Å². The Morgan fingerprint density at radius 2 is 2.00 bits per heavy atom. The molecular formula is C22H32N2O3. The van der Waals surface area contributed by atoms with E-state index in [-0.39, 0.29) is 17.9 Å². The van der Waals surface area contributed by atoms with Crippen LogP contribution in [0.4, 0.5) is 0 Å². The SMILES string of the molecule is CCOC(=O)[C@H](CCc1ccccc1)N[C@@H](C)C(=O)N1CC[C@H]2CCC[C@@H]21. The van der Waals surface area contributed by atoms with Gasteiger partial charge in [0.1, 0.15) is 6.04 Å². The molecule has 0 spiro atoms. The molecule has 3 rings (SSSR count). The molecule has 0 radical (unpaired) electrons. The number of ether oxygens (including phenoxy) is 1. The molecule has 1 aromatic rings. The third kappa shape index (κ3) is 4.89. The second kappa shape index (κ2) is 9.36. The number of hydrogen-bond acceptors (Lipinski definition) is 4. The largest absolute Gasteiger partial charge is 0.465 e. The summed E-state index contributed by atoms with van der Waals surface area (Å²) in [5.74, 6) is 0.534. The Hall–Kier alpha value is -1.88. The number of nitrogens with zero attached hydrogens (tertiary/aromatic N) is 1. The van der Waals surface area contributed by atoms with Crippen molar-refractivity contribution >= 4 is 11.9 Å². The van der Waals surface area contributed by atoms with Gasteiger partial charge in [0.2, 0.25) is 5.91 Å². The number of rotatable bonds is 8. The molecule has 2 fully saturated rings. The summed E-state index contributed by atoms with van der Waals surface area (Å²) in [7, 11) is 0. The molecule has 0 unspecified atom stereocenters. The van der Waals surface area contributed by atoms with Gasteiger partial charge in [-0.1, -0.05) is 36.8 Å². The van der Waals surface area contributed by atoms with E-state index in [1.807, 2.05) is 32.0 Å². The van der Waals surface area contributed by atoms with Crippen molar-refractivity contribution < 1.29 is 14.3 Å². The summed E-state index contributed by atoms with van der Waals surface area (Å²) in [6, 6.07) is 9.66. The lowest BCUT2D eigenvalue weighted by atomic mass is 10.0. The van der Waals surface area contributed by atoms with E-state index in [9.17, 15) is 9.59 Å². The molecule has 27 heavy (non-hydrogen) atoms. The molecule has 4 atom stereocenters. The van der Waals surface area contributed by atoms with E-state index in [4.69, 9.17) is 4.74 Å². The van der Waals surface area contributed by atoms with Gasteiger partial charge >= 0.3 is 5.97 Å². The first-order valence-corrected chi connectivity index (χ1v) is 10.4. The summed E-state index contributed by atoms with van der Waals surface area (Å²) < 4.78 is 5.24. The van der Waals surface area contributed by atoms with Gasteiger partial charge < -0.3 is 9.64 Å². The minimum absolute atomic E-state index is 0.124. The first-order valence-electron chi connectivity index (χ1n) is 10.4. The molecule has 1 aromatic carbocycles. The Labute approximate surface area is 162 Å². The highest BCUT2D eigenvalue weighted by Gasteiger charge is 2.41. The molecule has 148 valence electrons. The van der Waals surface area contributed by atoms with Crippen LogP contribution in [0.1, 0.15) is 51.5 Å². The molecule has 5 heteroatoms. The number of esters is 1. The number of amides is 1. The molecule has 1 amide bonds. The zero-order valence-corrected chi connectivity index (χ0v) is 16.5. The average Bonchev–Trinajstić information content (AvgIpc) is 3.29. The maximum absolute atomic E-state index is 13.0. The van der Waals surface area contributed by atoms with Crippen molar-refractivity contribution in [3.8, 4) is 0 Å². The topological polar surface area (TPSA) is 58.6 Å². The van der Waals surface area contributed by atoms with E-state index in [0.717, 1.165) is 25.8 Å². The van der Waals surface area contributed by atoms with Crippen LogP contribution in [0, 0.1) is 5.92 Å². The summed E-state index contributed by atoms with van der Waals surface area (Å²) in [4.78, 5) is 27.5. The van der Waals surface area contributed by atoms with Crippen LogP contribution < -0.4 is 5.32 Å². The van der Waals surface area contributed by atoms with Gasteiger partial charge in [0.25, 0.3) is 0 Å². The normalized spacial score (nSPS) is 23.7. The van der Waals surface area contributed by atoms with Gasteiger partial charge in [0.05, 0.1) is 12.6 Å². The number of carbonyl (C=O) groups excluding carboxylic acids is 2. The van der Waals surface area contributed by atoms with E-state index in [0.29, 0.717) is 25.0 Å². The van der Waals surface area contributed by atoms with Crippen molar-refractivity contribution in [2.24, 2.45) is 5.92 Å². The summed E-state index contributed by atoms with van der Waals surface area (Å²) in [6.07, 6.45) is 6.11. The molecule has 1 aliphatic carbocycles. The lowest BCUT2D eigenvalue weighted by Crippen LogP contribution is -2.52. The minimum Gasteiger partial charge on any atom is -0.465 e. The van der Waals surface area contributed by atoms with Crippen LogP contribution in [-0.2, 0) is 20.7 Å². The van der Waals surface area contributed by atoms with Crippen molar-refractivity contribution in [3.63, 3.8) is 0 Å². The van der Waals surface area contributed by atoms with Crippen molar-refractivity contribution in [2.45, 2.75) is 70.5 Å². The van der Waals surface area contributed by atoms with Gasteiger partial charge in [-0.25, -0.2) is 0 Å². The fraction of sp³-hybridized carbons (Fsp3) is 0.636. The van der Waals surface area contributed by atoms with Crippen LogP contribution >= 0.6 is 0 Å². The molecule has 2 aliphatic rings. The molecule has 1 N–H and O–H groups in total. The van der Waals surface area contributed by atoms with Crippen LogP contribution in [0.3, 0.4) is 0 Å². The van der Waals surface area contributed by atoms with E-state index in [1.165, 1.54) is 18.4 Å². The Bertz CT molecular complexity index is 634. The highest BCUT2D eigenvalue weighted by molar-refractivity contribution is 5.83. The predicted octanol–water partition coefficient (Wildman–Crippen LogP) is 2.93. The van der Waals surface area contributed by atoms with Gasteiger partial charge in [-0.05, 0) is 57.4 Å². The maximum atomic E-state index is 13.0. The lowest BCUT2D eigenvalue weighted by Gasteiger charge is -2.29. The van der Waals surface area contributed by atoms with Crippen LogP contribution in [0.5, 0.6) is 0 Å². The Morgan fingerprint density at radius 1 is 1.22 bits per heavy atom. The highest BCUT2D eigenvalue weighted by atomic mass is 16.5. The summed E-state index contributed by atoms with van der Waals surface area (Å²) in [6.45, 7) is 4.89. The van der Waals surface area contributed by atoms with Gasteiger partial charge in [-0.3, -0.25) is 14.9 Å². The molecule has 1 aliphatic heterocycles. The van der Waals surface area contributed by atoms with Crippen molar-refractivity contribution in [1.82, 2.24) is 10.2 Å². The van der Waals surface area contributed by atoms with Crippen LogP contribution in [0.25, 0.3) is 0 Å². The predicted molar refractivity (Wildman–Crippen MR) is 105 cm³/mol. The highest BCUT2D eigenvalue weighted by Crippen LogP contribution is 2.37. The van der Waals surface area contributed by atoms with E-state index in [2.05, 4.69) is 22.3 Å². The van der Waals surface area contributed by atoms with Gasteiger partial charge in [-0.15, -0.1) is 0 Å². The zero-order chi connectivity index (χ0) is 19.2. The smallest absolute Gasteiger partial charge is 0.323 e.